The quantitative estimate of drug-likeness (QED) is 0.835. The molecule has 3 N–H and O–H groups in total. The minimum atomic E-state index is -0.299. The molecule has 0 heterocycles. The van der Waals surface area contributed by atoms with Gasteiger partial charge in [-0.05, 0) is 29.3 Å². The molecule has 0 bridgehead atoms. The van der Waals surface area contributed by atoms with Gasteiger partial charge in [0.2, 0.25) is 0 Å². The van der Waals surface area contributed by atoms with E-state index in [1.807, 2.05) is 12.1 Å². The predicted molar refractivity (Wildman–Crippen MR) is 84.5 cm³/mol. The van der Waals surface area contributed by atoms with Crippen LogP contribution in [-0.4, -0.2) is 10.9 Å². The van der Waals surface area contributed by atoms with Crippen LogP contribution < -0.4 is 11.1 Å². The first-order valence-electron chi connectivity index (χ1n) is 6.45. The summed E-state index contributed by atoms with van der Waals surface area (Å²) in [5.74, 6) is -0.502. The van der Waals surface area contributed by atoms with Gasteiger partial charge in [-0.15, -0.1) is 0 Å². The van der Waals surface area contributed by atoms with Crippen molar-refractivity contribution in [2.24, 2.45) is 5.73 Å². The number of rotatable bonds is 5. The molecular formula is C16H15FN2OS. The van der Waals surface area contributed by atoms with E-state index in [9.17, 15) is 9.18 Å². The number of nitrogens with two attached hydrogens (primary N) is 1. The smallest absolute Gasteiger partial charge is 0.251 e. The number of hydrogen-bond donors (Lipinski definition) is 2. The molecule has 0 saturated heterocycles. The van der Waals surface area contributed by atoms with Crippen LogP contribution in [0.1, 0.15) is 21.5 Å². The van der Waals surface area contributed by atoms with E-state index in [0.29, 0.717) is 23.5 Å². The molecule has 108 valence electrons. The Balaban J connectivity index is 2.06. The highest BCUT2D eigenvalue weighted by molar-refractivity contribution is 7.80. The molecule has 0 aliphatic carbocycles. The van der Waals surface area contributed by atoms with E-state index >= 15 is 0 Å². The Hall–Kier alpha value is -2.27. The highest BCUT2D eigenvalue weighted by Gasteiger charge is 2.11. The van der Waals surface area contributed by atoms with Crippen molar-refractivity contribution in [2.75, 3.05) is 0 Å². The Bertz CT molecular complexity index is 656. The van der Waals surface area contributed by atoms with Crippen molar-refractivity contribution in [3.8, 4) is 0 Å². The van der Waals surface area contributed by atoms with Crippen molar-refractivity contribution >= 4 is 23.1 Å². The molecule has 0 spiro atoms. The van der Waals surface area contributed by atoms with Gasteiger partial charge >= 0.3 is 0 Å². The number of carbonyl (C=O) groups is 1. The van der Waals surface area contributed by atoms with Crippen LogP contribution in [0.25, 0.3) is 0 Å². The summed E-state index contributed by atoms with van der Waals surface area (Å²) in [6.07, 6.45) is 0.384. The van der Waals surface area contributed by atoms with E-state index < -0.39 is 0 Å². The molecule has 0 fully saturated rings. The number of halogens is 1. The lowest BCUT2D eigenvalue weighted by atomic mass is 10.0. The summed E-state index contributed by atoms with van der Waals surface area (Å²) in [5, 5.41) is 2.80. The molecule has 5 heteroatoms. The van der Waals surface area contributed by atoms with Crippen molar-refractivity contribution in [2.45, 2.75) is 13.0 Å². The van der Waals surface area contributed by atoms with Crippen LogP contribution in [0.15, 0.2) is 48.5 Å². The third-order valence-electron chi connectivity index (χ3n) is 2.99. The monoisotopic (exact) mass is 302 g/mol. The fraction of sp³-hybridized carbons (Fsp3) is 0.125. The van der Waals surface area contributed by atoms with E-state index in [4.69, 9.17) is 18.0 Å². The van der Waals surface area contributed by atoms with Crippen LogP contribution in [0.2, 0.25) is 0 Å². The second kappa shape index (κ2) is 6.95. The second-order valence-electron chi connectivity index (χ2n) is 4.61. The fourth-order valence-electron chi connectivity index (χ4n) is 1.96. The van der Waals surface area contributed by atoms with Gasteiger partial charge in [0.15, 0.2) is 0 Å². The Kier molecular flexibility index (Phi) is 5.00. The van der Waals surface area contributed by atoms with Crippen LogP contribution >= 0.6 is 12.2 Å². The zero-order valence-electron chi connectivity index (χ0n) is 11.3. The van der Waals surface area contributed by atoms with Crippen LogP contribution in [0.5, 0.6) is 0 Å². The lowest BCUT2D eigenvalue weighted by molar-refractivity contribution is 0.0950. The zero-order chi connectivity index (χ0) is 15.2. The number of carbonyl (C=O) groups excluding carboxylic acids is 1. The molecule has 0 atom stereocenters. The highest BCUT2D eigenvalue weighted by Crippen LogP contribution is 2.10. The van der Waals surface area contributed by atoms with Gasteiger partial charge < -0.3 is 11.1 Å². The molecular weight excluding hydrogens is 287 g/mol. The van der Waals surface area contributed by atoms with Gasteiger partial charge in [-0.2, -0.15) is 0 Å². The number of amides is 1. The molecule has 2 aromatic carbocycles. The van der Waals surface area contributed by atoms with E-state index in [1.54, 1.807) is 24.3 Å². The fourth-order valence-corrected chi connectivity index (χ4v) is 2.12. The maximum absolute atomic E-state index is 12.8. The molecule has 0 radical (unpaired) electrons. The summed E-state index contributed by atoms with van der Waals surface area (Å²) in [7, 11) is 0. The third-order valence-corrected chi connectivity index (χ3v) is 3.14. The van der Waals surface area contributed by atoms with E-state index in [-0.39, 0.29) is 11.7 Å². The van der Waals surface area contributed by atoms with Crippen LogP contribution in [-0.2, 0) is 13.0 Å². The number of thiocarbonyl (C=S) groups is 1. The highest BCUT2D eigenvalue weighted by atomic mass is 32.1. The second-order valence-corrected chi connectivity index (χ2v) is 5.13. The van der Waals surface area contributed by atoms with Gasteiger partial charge in [0.25, 0.3) is 5.91 Å². The summed E-state index contributed by atoms with van der Waals surface area (Å²) in [6, 6.07) is 13.2. The molecule has 0 aliphatic heterocycles. The Labute approximate surface area is 128 Å². The summed E-state index contributed by atoms with van der Waals surface area (Å²) >= 11 is 4.89. The van der Waals surface area contributed by atoms with Crippen molar-refractivity contribution in [1.82, 2.24) is 5.32 Å². The molecule has 1 amide bonds. The molecule has 0 aromatic heterocycles. The molecule has 0 unspecified atom stereocenters. The average molecular weight is 302 g/mol. The Morgan fingerprint density at radius 1 is 1.14 bits per heavy atom. The van der Waals surface area contributed by atoms with Gasteiger partial charge in [-0.1, -0.05) is 42.5 Å². The van der Waals surface area contributed by atoms with Crippen molar-refractivity contribution in [3.63, 3.8) is 0 Å². The standard InChI is InChI=1S/C16H15FN2OS/c17-13-7-5-11(6-8-13)10-19-16(20)14-4-2-1-3-12(14)9-15(18)21/h1-8H,9-10H2,(H2,18,21)(H,19,20). The minimum absolute atomic E-state index is 0.203. The van der Waals surface area contributed by atoms with Crippen LogP contribution in [0.3, 0.4) is 0 Å². The normalized spacial score (nSPS) is 10.1. The summed E-state index contributed by atoms with van der Waals surface area (Å²) in [5.41, 5.74) is 7.71. The van der Waals surface area contributed by atoms with Gasteiger partial charge in [0, 0.05) is 18.5 Å². The van der Waals surface area contributed by atoms with Crippen LogP contribution in [0.4, 0.5) is 4.39 Å². The molecule has 2 rings (SSSR count). The lowest BCUT2D eigenvalue weighted by Crippen LogP contribution is -2.25. The van der Waals surface area contributed by atoms with Crippen molar-refractivity contribution < 1.29 is 9.18 Å². The number of benzene rings is 2. The first kappa shape index (κ1) is 15.1. The summed E-state index contributed by atoms with van der Waals surface area (Å²) < 4.78 is 12.8. The van der Waals surface area contributed by atoms with E-state index in [1.165, 1.54) is 12.1 Å². The van der Waals surface area contributed by atoms with Crippen molar-refractivity contribution in [1.29, 1.82) is 0 Å². The Morgan fingerprint density at radius 2 is 1.81 bits per heavy atom. The summed E-state index contributed by atoms with van der Waals surface area (Å²) in [4.78, 5) is 12.6. The Morgan fingerprint density at radius 3 is 2.48 bits per heavy atom. The maximum Gasteiger partial charge on any atom is 0.251 e. The van der Waals surface area contributed by atoms with Gasteiger partial charge in [-0.25, -0.2) is 4.39 Å². The number of nitrogens with one attached hydrogen (secondary N) is 1. The largest absolute Gasteiger partial charge is 0.393 e. The average Bonchev–Trinajstić information content (AvgIpc) is 2.46. The van der Waals surface area contributed by atoms with E-state index in [0.717, 1.165) is 11.1 Å². The molecule has 3 nitrogen and oxygen atoms in total. The SMILES string of the molecule is NC(=S)Cc1ccccc1C(=O)NCc1ccc(F)cc1. The molecule has 2 aromatic rings. The first-order valence-corrected chi connectivity index (χ1v) is 6.86. The lowest BCUT2D eigenvalue weighted by Gasteiger charge is -2.10. The van der Waals surface area contributed by atoms with Gasteiger partial charge in [0.05, 0.1) is 4.99 Å². The minimum Gasteiger partial charge on any atom is -0.393 e. The maximum atomic E-state index is 12.8. The molecule has 0 saturated carbocycles. The van der Waals surface area contributed by atoms with Crippen molar-refractivity contribution in [3.05, 3.63) is 71.0 Å². The molecule has 0 aliphatic rings. The first-order chi connectivity index (χ1) is 10.1. The summed E-state index contributed by atoms with van der Waals surface area (Å²) in [6.45, 7) is 0.334. The van der Waals surface area contributed by atoms with E-state index in [2.05, 4.69) is 5.32 Å². The molecule has 21 heavy (non-hydrogen) atoms. The van der Waals surface area contributed by atoms with Gasteiger partial charge in [-0.3, -0.25) is 4.79 Å². The number of hydrogen-bond acceptors (Lipinski definition) is 2. The topological polar surface area (TPSA) is 55.1 Å². The zero-order valence-corrected chi connectivity index (χ0v) is 12.1. The van der Waals surface area contributed by atoms with Gasteiger partial charge in [0.1, 0.15) is 5.82 Å². The van der Waals surface area contributed by atoms with Crippen LogP contribution in [0, 0.1) is 5.82 Å². The third kappa shape index (κ3) is 4.36. The predicted octanol–water partition coefficient (Wildman–Crippen LogP) is 2.58.